The normalized spacial score (nSPS) is 17.6. The van der Waals surface area contributed by atoms with E-state index in [1.54, 1.807) is 13.4 Å². The predicted octanol–water partition coefficient (Wildman–Crippen LogP) is 0.624. The fourth-order valence-corrected chi connectivity index (χ4v) is 2.87. The zero-order valence-corrected chi connectivity index (χ0v) is 11.5. The van der Waals surface area contributed by atoms with Crippen molar-refractivity contribution in [3.63, 3.8) is 0 Å². The molecule has 0 aliphatic heterocycles. The molecule has 0 N–H and O–H groups in total. The molecule has 6 heteroatoms. The number of aryl methyl sites for hydroxylation is 1. The fraction of sp³-hybridized carbons (Fsp3) is 0.615. The molecular formula is C13H18N4O2. The number of aromatic nitrogens is 4. The van der Waals surface area contributed by atoms with Gasteiger partial charge in [-0.15, -0.1) is 0 Å². The lowest BCUT2D eigenvalue weighted by Crippen LogP contribution is -2.38. The topological polar surface area (TPSA) is 61.8 Å². The van der Waals surface area contributed by atoms with Gasteiger partial charge in [0.2, 0.25) is 0 Å². The van der Waals surface area contributed by atoms with Crippen LogP contribution in [0, 0.1) is 5.41 Å². The first-order valence-electron chi connectivity index (χ1n) is 6.54. The minimum Gasteiger partial charge on any atom is -0.324 e. The zero-order valence-electron chi connectivity index (χ0n) is 11.5. The van der Waals surface area contributed by atoms with E-state index in [9.17, 15) is 9.59 Å². The molecule has 1 aliphatic carbocycles. The summed E-state index contributed by atoms with van der Waals surface area (Å²) in [5, 5.41) is 0. The second-order valence-electron chi connectivity index (χ2n) is 5.91. The fourth-order valence-electron chi connectivity index (χ4n) is 2.87. The third-order valence-electron chi connectivity index (χ3n) is 4.33. The minimum atomic E-state index is -0.336. The van der Waals surface area contributed by atoms with Gasteiger partial charge in [-0.3, -0.25) is 13.9 Å². The van der Waals surface area contributed by atoms with Gasteiger partial charge in [0.05, 0.1) is 6.33 Å². The van der Waals surface area contributed by atoms with Crippen LogP contribution in [-0.4, -0.2) is 18.7 Å². The average Bonchev–Trinajstić information content (AvgIpc) is 2.75. The van der Waals surface area contributed by atoms with Crippen molar-refractivity contribution in [1.29, 1.82) is 0 Å². The number of imidazole rings is 1. The minimum absolute atomic E-state index is 0.257. The standard InChI is InChI=1S/C13H18N4O2/c1-13(5-4-6-13)7-17-8-14-10-9(17)11(18)16(3)12(19)15(10)2/h8H,4-7H2,1-3H3. The summed E-state index contributed by atoms with van der Waals surface area (Å²) in [5.41, 5.74) is 0.651. The van der Waals surface area contributed by atoms with Crippen molar-refractivity contribution in [3.8, 4) is 0 Å². The summed E-state index contributed by atoms with van der Waals surface area (Å²) in [5.74, 6) is 0. The van der Waals surface area contributed by atoms with Gasteiger partial charge in [0, 0.05) is 20.6 Å². The summed E-state index contributed by atoms with van der Waals surface area (Å²) < 4.78 is 4.47. The molecule has 0 unspecified atom stereocenters. The lowest BCUT2D eigenvalue weighted by molar-refractivity contribution is 0.134. The van der Waals surface area contributed by atoms with Crippen LogP contribution in [0.3, 0.4) is 0 Å². The molecule has 3 rings (SSSR count). The van der Waals surface area contributed by atoms with E-state index in [0.29, 0.717) is 11.2 Å². The molecule has 2 heterocycles. The quantitative estimate of drug-likeness (QED) is 0.797. The third kappa shape index (κ3) is 1.66. The Morgan fingerprint density at radius 1 is 1.26 bits per heavy atom. The Morgan fingerprint density at radius 2 is 1.95 bits per heavy atom. The first-order valence-corrected chi connectivity index (χ1v) is 6.54. The van der Waals surface area contributed by atoms with Gasteiger partial charge >= 0.3 is 5.69 Å². The lowest BCUT2D eigenvalue weighted by atomic mass is 9.70. The Bertz CT molecular complexity index is 761. The number of hydrogen-bond donors (Lipinski definition) is 0. The zero-order chi connectivity index (χ0) is 13.8. The van der Waals surface area contributed by atoms with Crippen LogP contribution in [0.4, 0.5) is 0 Å². The number of fused-ring (bicyclic) bond motifs is 1. The number of hydrogen-bond acceptors (Lipinski definition) is 3. The van der Waals surface area contributed by atoms with Gasteiger partial charge in [0.1, 0.15) is 0 Å². The smallest absolute Gasteiger partial charge is 0.324 e. The highest BCUT2D eigenvalue weighted by Gasteiger charge is 2.32. The molecule has 102 valence electrons. The van der Waals surface area contributed by atoms with Crippen molar-refractivity contribution < 1.29 is 0 Å². The molecule has 6 nitrogen and oxygen atoms in total. The first kappa shape index (κ1) is 12.2. The molecule has 0 bridgehead atoms. The van der Waals surface area contributed by atoms with Crippen LogP contribution >= 0.6 is 0 Å². The molecule has 0 amide bonds. The van der Waals surface area contributed by atoms with Crippen molar-refractivity contribution in [2.75, 3.05) is 0 Å². The van der Waals surface area contributed by atoms with Crippen LogP contribution in [0.15, 0.2) is 15.9 Å². The van der Waals surface area contributed by atoms with Crippen LogP contribution in [0.1, 0.15) is 26.2 Å². The van der Waals surface area contributed by atoms with E-state index in [1.165, 1.54) is 30.9 Å². The number of nitrogens with zero attached hydrogens (tertiary/aromatic N) is 4. The van der Waals surface area contributed by atoms with E-state index >= 15 is 0 Å². The average molecular weight is 262 g/mol. The van der Waals surface area contributed by atoms with Crippen molar-refractivity contribution in [1.82, 2.24) is 18.7 Å². The van der Waals surface area contributed by atoms with Crippen molar-refractivity contribution >= 4 is 11.2 Å². The lowest BCUT2D eigenvalue weighted by Gasteiger charge is -2.38. The monoisotopic (exact) mass is 262 g/mol. The van der Waals surface area contributed by atoms with E-state index in [0.717, 1.165) is 11.1 Å². The summed E-state index contributed by atoms with van der Waals surface area (Å²) in [7, 11) is 3.15. The van der Waals surface area contributed by atoms with E-state index in [2.05, 4.69) is 11.9 Å². The van der Waals surface area contributed by atoms with Gasteiger partial charge in [0.25, 0.3) is 5.56 Å². The third-order valence-corrected chi connectivity index (χ3v) is 4.33. The van der Waals surface area contributed by atoms with E-state index in [-0.39, 0.29) is 16.7 Å². The largest absolute Gasteiger partial charge is 0.332 e. The summed E-state index contributed by atoms with van der Waals surface area (Å²) >= 11 is 0. The molecule has 2 aromatic heterocycles. The van der Waals surface area contributed by atoms with Crippen LogP contribution < -0.4 is 11.2 Å². The first-order chi connectivity index (χ1) is 8.93. The summed E-state index contributed by atoms with van der Waals surface area (Å²) in [4.78, 5) is 28.3. The van der Waals surface area contributed by atoms with Crippen molar-refractivity contribution in [3.05, 3.63) is 27.2 Å². The Hall–Kier alpha value is -1.85. The molecular weight excluding hydrogens is 244 g/mol. The number of rotatable bonds is 2. The van der Waals surface area contributed by atoms with Crippen molar-refractivity contribution in [2.45, 2.75) is 32.7 Å². The second-order valence-corrected chi connectivity index (χ2v) is 5.91. The van der Waals surface area contributed by atoms with Crippen LogP contribution in [0.2, 0.25) is 0 Å². The van der Waals surface area contributed by atoms with Gasteiger partial charge in [-0.05, 0) is 18.3 Å². The Kier molecular flexibility index (Phi) is 2.45. The summed E-state index contributed by atoms with van der Waals surface area (Å²) in [6.07, 6.45) is 5.28. The molecule has 0 saturated heterocycles. The molecule has 0 radical (unpaired) electrons. The molecule has 19 heavy (non-hydrogen) atoms. The molecule has 0 aromatic carbocycles. The maximum Gasteiger partial charge on any atom is 0.332 e. The molecule has 1 aliphatic rings. The van der Waals surface area contributed by atoms with E-state index in [4.69, 9.17) is 0 Å². The SMILES string of the molecule is Cn1c(=O)c2c(ncn2CC2(C)CCC2)n(C)c1=O. The van der Waals surface area contributed by atoms with Crippen LogP contribution in [0.5, 0.6) is 0 Å². The summed E-state index contributed by atoms with van der Waals surface area (Å²) in [6, 6.07) is 0. The molecule has 1 fully saturated rings. The summed E-state index contributed by atoms with van der Waals surface area (Å²) in [6.45, 7) is 3.02. The van der Waals surface area contributed by atoms with E-state index in [1.807, 2.05) is 4.57 Å². The maximum atomic E-state index is 12.3. The predicted molar refractivity (Wildman–Crippen MR) is 72.2 cm³/mol. The van der Waals surface area contributed by atoms with Gasteiger partial charge < -0.3 is 4.57 Å². The highest BCUT2D eigenvalue weighted by atomic mass is 16.2. The van der Waals surface area contributed by atoms with Crippen LogP contribution in [0.25, 0.3) is 11.2 Å². The highest BCUT2D eigenvalue weighted by molar-refractivity contribution is 5.69. The second kappa shape index (κ2) is 3.82. The molecule has 1 saturated carbocycles. The maximum absolute atomic E-state index is 12.3. The van der Waals surface area contributed by atoms with Crippen molar-refractivity contribution in [2.24, 2.45) is 19.5 Å². The van der Waals surface area contributed by atoms with E-state index < -0.39 is 0 Å². The van der Waals surface area contributed by atoms with Gasteiger partial charge in [0.15, 0.2) is 11.2 Å². The van der Waals surface area contributed by atoms with Gasteiger partial charge in [-0.2, -0.15) is 0 Å². The molecule has 2 aromatic rings. The Morgan fingerprint density at radius 3 is 2.53 bits per heavy atom. The molecule has 0 atom stereocenters. The van der Waals surface area contributed by atoms with Gasteiger partial charge in [-0.1, -0.05) is 13.3 Å². The highest BCUT2D eigenvalue weighted by Crippen LogP contribution is 2.41. The Labute approximate surface area is 110 Å². The molecule has 0 spiro atoms. The van der Waals surface area contributed by atoms with Crippen LogP contribution in [-0.2, 0) is 20.6 Å². The van der Waals surface area contributed by atoms with Gasteiger partial charge in [-0.25, -0.2) is 9.78 Å². The Balaban J connectivity index is 2.23.